The van der Waals surface area contributed by atoms with E-state index in [0.717, 1.165) is 35.9 Å². The molecule has 1 N–H and O–H groups in total. The van der Waals surface area contributed by atoms with Gasteiger partial charge in [0.05, 0.1) is 5.92 Å². The van der Waals surface area contributed by atoms with E-state index in [0.29, 0.717) is 0 Å². The summed E-state index contributed by atoms with van der Waals surface area (Å²) in [6.45, 7) is 3.81. The molecular weight excluding hydrogens is 330 g/mol. The minimum atomic E-state index is -4.44. The van der Waals surface area contributed by atoms with Crippen LogP contribution in [-0.2, 0) is 6.42 Å². The Hall–Kier alpha value is -2.30. The number of anilines is 1. The number of benzene rings is 2. The largest absolute Gasteiger partial charge is 0.399 e. The Morgan fingerprint density at radius 1 is 1.08 bits per heavy atom. The van der Waals surface area contributed by atoms with Crippen molar-refractivity contribution in [2.24, 2.45) is 0 Å². The number of allylic oxidation sites excluding steroid dienone is 1. The maximum absolute atomic E-state index is 13.7. The van der Waals surface area contributed by atoms with Crippen LogP contribution in [0.25, 0.3) is 6.08 Å². The third kappa shape index (κ3) is 3.70. The van der Waals surface area contributed by atoms with Gasteiger partial charge >= 0.3 is 6.18 Å². The molecule has 0 amide bonds. The van der Waals surface area contributed by atoms with Gasteiger partial charge in [0.1, 0.15) is 5.82 Å². The summed E-state index contributed by atoms with van der Waals surface area (Å²) in [7, 11) is 0. The lowest BCUT2D eigenvalue weighted by Crippen LogP contribution is -2.19. The fraction of sp³-hybridized carbons (Fsp3) is 0.300. The van der Waals surface area contributed by atoms with Gasteiger partial charge < -0.3 is 5.32 Å². The average molecular weight is 349 g/mol. The lowest BCUT2D eigenvalue weighted by molar-refractivity contribution is -0.139. The molecular formula is C20H19F4N. The standard InChI is InChI=1S/C20H19F4N/c1-12-9-16(10-13(2)19(12)21)17(20(22,23)24)5-3-14-4-6-18-15(11-14)7-8-25-18/h3-6,9-11,17,25H,7-8H2,1-2H3/b5-3+. The summed E-state index contributed by atoms with van der Waals surface area (Å²) in [5.41, 5.74) is 3.38. The third-order valence-corrected chi connectivity index (χ3v) is 4.49. The minimum absolute atomic E-state index is 0.0583. The third-order valence-electron chi connectivity index (χ3n) is 4.49. The first-order valence-corrected chi connectivity index (χ1v) is 8.14. The van der Waals surface area contributed by atoms with E-state index in [-0.39, 0.29) is 16.7 Å². The van der Waals surface area contributed by atoms with E-state index in [4.69, 9.17) is 0 Å². The summed E-state index contributed by atoms with van der Waals surface area (Å²) in [5, 5.41) is 3.22. The number of hydrogen-bond donors (Lipinski definition) is 1. The quantitative estimate of drug-likeness (QED) is 0.694. The lowest BCUT2D eigenvalue weighted by atomic mass is 9.93. The van der Waals surface area contributed by atoms with Crippen LogP contribution in [0.5, 0.6) is 0 Å². The predicted molar refractivity (Wildman–Crippen MR) is 92.3 cm³/mol. The van der Waals surface area contributed by atoms with Gasteiger partial charge in [-0.15, -0.1) is 0 Å². The maximum Gasteiger partial charge on any atom is 0.399 e. The highest BCUT2D eigenvalue weighted by Crippen LogP contribution is 2.38. The number of fused-ring (bicyclic) bond motifs is 1. The Labute approximate surface area is 144 Å². The Bertz CT molecular complexity index is 798. The van der Waals surface area contributed by atoms with Gasteiger partial charge in [-0.1, -0.05) is 30.4 Å². The van der Waals surface area contributed by atoms with Crippen LogP contribution < -0.4 is 5.32 Å². The molecule has 3 rings (SSSR count). The van der Waals surface area contributed by atoms with Crippen LogP contribution in [0.3, 0.4) is 0 Å². The molecule has 25 heavy (non-hydrogen) atoms. The van der Waals surface area contributed by atoms with Crippen molar-refractivity contribution in [2.45, 2.75) is 32.4 Å². The first-order valence-electron chi connectivity index (χ1n) is 8.14. The van der Waals surface area contributed by atoms with Crippen molar-refractivity contribution in [2.75, 3.05) is 11.9 Å². The van der Waals surface area contributed by atoms with E-state index < -0.39 is 17.9 Å². The molecule has 0 bridgehead atoms. The normalized spacial score (nSPS) is 15.3. The molecule has 0 saturated carbocycles. The molecule has 2 aromatic carbocycles. The number of rotatable bonds is 3. The number of hydrogen-bond acceptors (Lipinski definition) is 1. The molecule has 1 aliphatic heterocycles. The summed E-state index contributed by atoms with van der Waals surface area (Å²) in [6, 6.07) is 8.13. The van der Waals surface area contributed by atoms with Crippen molar-refractivity contribution in [3.8, 4) is 0 Å². The summed E-state index contributed by atoms with van der Waals surface area (Å²) in [4.78, 5) is 0. The minimum Gasteiger partial charge on any atom is -0.384 e. The van der Waals surface area contributed by atoms with Crippen LogP contribution in [0.4, 0.5) is 23.2 Å². The second kappa shape index (κ2) is 6.54. The number of alkyl halides is 3. The van der Waals surface area contributed by atoms with Crippen LogP contribution in [0.2, 0.25) is 0 Å². The van der Waals surface area contributed by atoms with Gasteiger partial charge in [-0.25, -0.2) is 4.39 Å². The zero-order valence-electron chi connectivity index (χ0n) is 14.0. The van der Waals surface area contributed by atoms with E-state index in [1.807, 2.05) is 12.1 Å². The first-order chi connectivity index (χ1) is 11.8. The van der Waals surface area contributed by atoms with E-state index >= 15 is 0 Å². The highest BCUT2D eigenvalue weighted by atomic mass is 19.4. The van der Waals surface area contributed by atoms with Gasteiger partial charge in [-0.2, -0.15) is 13.2 Å². The predicted octanol–water partition coefficient (Wildman–Crippen LogP) is 5.77. The van der Waals surface area contributed by atoms with E-state index in [1.54, 1.807) is 6.07 Å². The number of nitrogens with one attached hydrogen (secondary N) is 1. The molecule has 5 heteroatoms. The van der Waals surface area contributed by atoms with E-state index in [9.17, 15) is 17.6 Å². The van der Waals surface area contributed by atoms with Crippen LogP contribution >= 0.6 is 0 Å². The van der Waals surface area contributed by atoms with Gasteiger partial charge in [-0.05, 0) is 60.2 Å². The van der Waals surface area contributed by atoms with Gasteiger partial charge in [0.2, 0.25) is 0 Å². The summed E-state index contributed by atoms with van der Waals surface area (Å²) in [5.74, 6) is -2.23. The molecule has 0 saturated heterocycles. The molecule has 0 aromatic heterocycles. The molecule has 132 valence electrons. The zero-order valence-corrected chi connectivity index (χ0v) is 14.0. The van der Waals surface area contributed by atoms with Crippen LogP contribution in [-0.4, -0.2) is 12.7 Å². The van der Waals surface area contributed by atoms with Crippen molar-refractivity contribution in [1.29, 1.82) is 0 Å². The molecule has 0 fully saturated rings. The average Bonchev–Trinajstić information content (AvgIpc) is 2.99. The van der Waals surface area contributed by atoms with Gasteiger partial charge in [0.15, 0.2) is 0 Å². The molecule has 1 nitrogen and oxygen atoms in total. The molecule has 0 aliphatic carbocycles. The molecule has 1 atom stereocenters. The van der Waals surface area contributed by atoms with Crippen LogP contribution in [0.1, 0.15) is 33.7 Å². The molecule has 1 heterocycles. The van der Waals surface area contributed by atoms with Gasteiger partial charge in [-0.3, -0.25) is 0 Å². The van der Waals surface area contributed by atoms with Crippen LogP contribution in [0, 0.1) is 19.7 Å². The van der Waals surface area contributed by atoms with Gasteiger partial charge in [0, 0.05) is 12.2 Å². The molecule has 2 aromatic rings. The summed E-state index contributed by atoms with van der Waals surface area (Å²) >= 11 is 0. The molecule has 0 spiro atoms. The van der Waals surface area contributed by atoms with Crippen molar-refractivity contribution < 1.29 is 17.6 Å². The monoisotopic (exact) mass is 349 g/mol. The fourth-order valence-corrected chi connectivity index (χ4v) is 3.20. The van der Waals surface area contributed by atoms with Crippen molar-refractivity contribution in [1.82, 2.24) is 0 Å². The Morgan fingerprint density at radius 2 is 1.76 bits per heavy atom. The van der Waals surface area contributed by atoms with Crippen LogP contribution in [0.15, 0.2) is 36.4 Å². The lowest BCUT2D eigenvalue weighted by Gasteiger charge is -2.19. The Balaban J connectivity index is 1.95. The second-order valence-electron chi connectivity index (χ2n) is 6.44. The summed E-state index contributed by atoms with van der Waals surface area (Å²) in [6.07, 6.45) is -0.928. The smallest absolute Gasteiger partial charge is 0.384 e. The number of aryl methyl sites for hydroxylation is 2. The molecule has 1 unspecified atom stereocenters. The van der Waals surface area contributed by atoms with Crippen molar-refractivity contribution in [3.63, 3.8) is 0 Å². The molecule has 0 radical (unpaired) electrons. The zero-order chi connectivity index (χ0) is 18.2. The van der Waals surface area contributed by atoms with E-state index in [2.05, 4.69) is 5.32 Å². The fourth-order valence-electron chi connectivity index (χ4n) is 3.20. The second-order valence-corrected chi connectivity index (χ2v) is 6.44. The highest BCUT2D eigenvalue weighted by Gasteiger charge is 2.39. The SMILES string of the molecule is Cc1cc(C(/C=C/c2ccc3c(c2)CCN3)C(F)(F)F)cc(C)c1F. The van der Waals surface area contributed by atoms with E-state index in [1.165, 1.54) is 32.1 Å². The maximum atomic E-state index is 13.7. The summed E-state index contributed by atoms with van der Waals surface area (Å²) < 4.78 is 54.4. The number of halogens is 4. The van der Waals surface area contributed by atoms with Crippen molar-refractivity contribution in [3.05, 3.63) is 70.0 Å². The first kappa shape index (κ1) is 17.5. The topological polar surface area (TPSA) is 12.0 Å². The Kier molecular flexibility index (Phi) is 4.58. The van der Waals surface area contributed by atoms with Crippen molar-refractivity contribution >= 4 is 11.8 Å². The Morgan fingerprint density at radius 3 is 2.40 bits per heavy atom. The van der Waals surface area contributed by atoms with Gasteiger partial charge in [0.25, 0.3) is 0 Å². The molecule has 1 aliphatic rings. The highest BCUT2D eigenvalue weighted by molar-refractivity contribution is 5.62.